The van der Waals surface area contributed by atoms with Crippen LogP contribution in [0.15, 0.2) is 36.8 Å². The van der Waals surface area contributed by atoms with Gasteiger partial charge in [-0.15, -0.1) is 0 Å². The van der Waals surface area contributed by atoms with Crippen molar-refractivity contribution in [1.29, 1.82) is 0 Å². The van der Waals surface area contributed by atoms with E-state index in [1.165, 1.54) is 19.3 Å². The van der Waals surface area contributed by atoms with Crippen LogP contribution in [0, 0.1) is 5.82 Å². The highest BCUT2D eigenvalue weighted by atomic mass is 19.1. The molecule has 8 nitrogen and oxygen atoms in total. The van der Waals surface area contributed by atoms with Crippen LogP contribution in [0.1, 0.15) is 17.3 Å². The molecule has 0 radical (unpaired) electrons. The summed E-state index contributed by atoms with van der Waals surface area (Å²) < 4.78 is 22.9. The number of halogens is 1. The Morgan fingerprint density at radius 2 is 2.13 bits per heavy atom. The van der Waals surface area contributed by atoms with Gasteiger partial charge in [-0.2, -0.15) is 0 Å². The van der Waals surface area contributed by atoms with Gasteiger partial charge in [-0.3, -0.25) is 4.79 Å². The highest BCUT2D eigenvalue weighted by Gasteiger charge is 2.21. The van der Waals surface area contributed by atoms with E-state index in [9.17, 15) is 4.79 Å². The van der Waals surface area contributed by atoms with Crippen molar-refractivity contribution in [3.63, 3.8) is 0 Å². The smallest absolute Gasteiger partial charge is 0.253 e. The summed E-state index contributed by atoms with van der Waals surface area (Å²) in [5.41, 5.74) is 8.06. The number of nitrogens with zero attached hydrogens (tertiary/aromatic N) is 3. The topological polar surface area (TPSA) is 111 Å². The number of amides is 1. The number of imidazole rings is 1. The lowest BCUT2D eigenvalue weighted by Gasteiger charge is -2.13. The number of fused-ring (bicyclic) bond motifs is 1. The molecule has 9 heteroatoms. The van der Waals surface area contributed by atoms with Gasteiger partial charge in [0.2, 0.25) is 0 Å². The van der Waals surface area contributed by atoms with Gasteiger partial charge in [-0.05, 0) is 25.1 Å². The number of aromatic nitrogens is 4. The number of benzene rings is 1. The average Bonchev–Trinajstić information content (AvgIpc) is 3.34. The fourth-order valence-corrected chi connectivity index (χ4v) is 3.47. The fourth-order valence-electron chi connectivity index (χ4n) is 3.47. The molecule has 3 heterocycles. The fraction of sp³-hybridized carbons (Fsp3) is 0.190. The minimum atomic E-state index is -0.487. The molecule has 30 heavy (non-hydrogen) atoms. The number of hydrogen-bond donors (Lipinski definition) is 3. The van der Waals surface area contributed by atoms with Crippen LogP contribution >= 0.6 is 0 Å². The number of pyridine rings is 1. The van der Waals surface area contributed by atoms with E-state index in [4.69, 9.17) is 10.5 Å². The SMILES string of the molecule is CCOc1cc(-c2nccn2C)cc(F)c1-c1cc2c(C(=O)NC)cnc(N)c2[nH]1. The lowest BCUT2D eigenvalue weighted by Crippen LogP contribution is -2.18. The maximum atomic E-state index is 15.3. The third-order valence-electron chi connectivity index (χ3n) is 4.87. The van der Waals surface area contributed by atoms with Gasteiger partial charge in [0, 0.05) is 43.6 Å². The third kappa shape index (κ3) is 3.14. The Labute approximate surface area is 171 Å². The summed E-state index contributed by atoms with van der Waals surface area (Å²) in [5, 5.41) is 3.12. The molecule has 0 saturated carbocycles. The van der Waals surface area contributed by atoms with Crippen molar-refractivity contribution in [3.05, 3.63) is 48.2 Å². The summed E-state index contributed by atoms with van der Waals surface area (Å²) in [6, 6.07) is 4.84. The maximum Gasteiger partial charge on any atom is 0.253 e. The van der Waals surface area contributed by atoms with Crippen LogP contribution in [0.25, 0.3) is 33.5 Å². The largest absolute Gasteiger partial charge is 0.493 e. The number of hydrogen-bond acceptors (Lipinski definition) is 5. The second kappa shape index (κ2) is 7.51. The molecule has 3 aromatic heterocycles. The first-order chi connectivity index (χ1) is 14.4. The monoisotopic (exact) mass is 408 g/mol. The summed E-state index contributed by atoms with van der Waals surface area (Å²) in [7, 11) is 3.36. The van der Waals surface area contributed by atoms with Crippen molar-refractivity contribution in [1.82, 2.24) is 24.8 Å². The summed E-state index contributed by atoms with van der Waals surface area (Å²) in [5.74, 6) is 0.391. The predicted molar refractivity (Wildman–Crippen MR) is 113 cm³/mol. The van der Waals surface area contributed by atoms with Gasteiger partial charge in [-0.25, -0.2) is 14.4 Å². The first-order valence-electron chi connectivity index (χ1n) is 9.38. The number of ether oxygens (including phenoxy) is 1. The molecule has 0 unspecified atom stereocenters. The Hall–Kier alpha value is -3.88. The summed E-state index contributed by atoms with van der Waals surface area (Å²) in [4.78, 5) is 23.7. The molecule has 0 atom stereocenters. The molecule has 0 aliphatic heterocycles. The zero-order chi connectivity index (χ0) is 21.4. The van der Waals surface area contributed by atoms with Crippen molar-refractivity contribution in [3.8, 4) is 28.4 Å². The number of carbonyl (C=O) groups excluding carboxylic acids is 1. The normalized spacial score (nSPS) is 11.1. The zero-order valence-electron chi connectivity index (χ0n) is 16.8. The molecular weight excluding hydrogens is 387 g/mol. The third-order valence-corrected chi connectivity index (χ3v) is 4.87. The lowest BCUT2D eigenvalue weighted by atomic mass is 10.0. The Kier molecular flexibility index (Phi) is 4.86. The molecule has 0 spiro atoms. The Morgan fingerprint density at radius 1 is 1.33 bits per heavy atom. The number of aromatic amines is 1. The minimum absolute atomic E-state index is 0.215. The summed E-state index contributed by atoms with van der Waals surface area (Å²) >= 11 is 0. The number of aryl methyl sites for hydroxylation is 1. The van der Waals surface area contributed by atoms with Gasteiger partial charge in [0.1, 0.15) is 23.2 Å². The van der Waals surface area contributed by atoms with Crippen molar-refractivity contribution < 1.29 is 13.9 Å². The van der Waals surface area contributed by atoms with E-state index in [2.05, 4.69) is 20.3 Å². The van der Waals surface area contributed by atoms with Crippen LogP contribution in [0.2, 0.25) is 0 Å². The lowest BCUT2D eigenvalue weighted by molar-refractivity contribution is 0.0964. The van der Waals surface area contributed by atoms with Crippen molar-refractivity contribution >= 4 is 22.6 Å². The molecule has 0 fully saturated rings. The van der Waals surface area contributed by atoms with Gasteiger partial charge < -0.3 is 25.3 Å². The van der Waals surface area contributed by atoms with E-state index < -0.39 is 5.82 Å². The van der Waals surface area contributed by atoms with E-state index in [0.717, 1.165) is 0 Å². The molecule has 1 amide bonds. The molecule has 1 aromatic carbocycles. The number of nitrogens with two attached hydrogens (primary N) is 1. The van der Waals surface area contributed by atoms with Crippen molar-refractivity contribution in [2.75, 3.05) is 19.4 Å². The maximum absolute atomic E-state index is 15.3. The molecule has 0 bridgehead atoms. The van der Waals surface area contributed by atoms with Crippen LogP contribution in [-0.4, -0.2) is 39.1 Å². The Balaban J connectivity index is 1.94. The van der Waals surface area contributed by atoms with Gasteiger partial charge in [-0.1, -0.05) is 0 Å². The Bertz CT molecular complexity index is 1260. The number of H-pyrrole nitrogens is 1. The van der Waals surface area contributed by atoms with Crippen molar-refractivity contribution in [2.24, 2.45) is 7.05 Å². The van der Waals surface area contributed by atoms with E-state index >= 15 is 4.39 Å². The van der Waals surface area contributed by atoms with Crippen LogP contribution < -0.4 is 15.8 Å². The molecule has 0 aliphatic rings. The number of carbonyl (C=O) groups is 1. The first kappa shape index (κ1) is 19.4. The zero-order valence-corrected chi connectivity index (χ0v) is 16.8. The molecule has 154 valence electrons. The first-order valence-corrected chi connectivity index (χ1v) is 9.38. The van der Waals surface area contributed by atoms with Crippen LogP contribution in [0.5, 0.6) is 5.75 Å². The van der Waals surface area contributed by atoms with Crippen LogP contribution in [0.4, 0.5) is 10.2 Å². The molecule has 4 N–H and O–H groups in total. The number of rotatable bonds is 5. The highest BCUT2D eigenvalue weighted by molar-refractivity contribution is 6.09. The number of nitrogen functional groups attached to an aromatic ring is 1. The van der Waals surface area contributed by atoms with Gasteiger partial charge >= 0.3 is 0 Å². The number of nitrogens with one attached hydrogen (secondary N) is 2. The van der Waals surface area contributed by atoms with E-state index in [1.54, 1.807) is 29.1 Å². The molecule has 4 aromatic rings. The van der Waals surface area contributed by atoms with Gasteiger partial charge in [0.15, 0.2) is 0 Å². The quantitative estimate of drug-likeness (QED) is 0.470. The van der Waals surface area contributed by atoms with Crippen LogP contribution in [0.3, 0.4) is 0 Å². The predicted octanol–water partition coefficient (Wildman–Crippen LogP) is 3.11. The van der Waals surface area contributed by atoms with E-state index in [-0.39, 0.29) is 17.3 Å². The highest BCUT2D eigenvalue weighted by Crippen LogP contribution is 2.38. The molecule has 0 aliphatic carbocycles. The average molecular weight is 408 g/mol. The standard InChI is InChI=1S/C21H21FN6O2/c1-4-30-16-8-11(20-25-5-6-28(20)3)7-14(22)17(16)15-9-12-13(21(29)24-2)10-26-19(23)18(12)27-15/h5-10,27H,4H2,1-3H3,(H2,23,26)(H,24,29). The summed E-state index contributed by atoms with van der Waals surface area (Å²) in [6.07, 6.45) is 4.84. The number of anilines is 1. The van der Waals surface area contributed by atoms with Crippen LogP contribution in [-0.2, 0) is 7.05 Å². The second-order valence-corrected chi connectivity index (χ2v) is 6.73. The van der Waals surface area contributed by atoms with Gasteiger partial charge in [0.05, 0.1) is 28.9 Å². The van der Waals surface area contributed by atoms with E-state index in [1.807, 2.05) is 14.0 Å². The van der Waals surface area contributed by atoms with Crippen molar-refractivity contribution in [2.45, 2.75) is 6.92 Å². The molecule has 4 rings (SSSR count). The minimum Gasteiger partial charge on any atom is -0.493 e. The Morgan fingerprint density at radius 3 is 2.80 bits per heavy atom. The summed E-state index contributed by atoms with van der Waals surface area (Å²) in [6.45, 7) is 2.18. The van der Waals surface area contributed by atoms with Gasteiger partial charge in [0.25, 0.3) is 5.91 Å². The van der Waals surface area contributed by atoms with E-state index in [0.29, 0.717) is 45.9 Å². The second-order valence-electron chi connectivity index (χ2n) is 6.73. The molecule has 0 saturated heterocycles. The molecular formula is C21H21FN6O2.